The Morgan fingerprint density at radius 2 is 1.84 bits per heavy atom. The molecule has 5 rings (SSSR count). The highest BCUT2D eigenvalue weighted by Gasteiger charge is 2.43. The van der Waals surface area contributed by atoms with Crippen LogP contribution >= 0.6 is 0 Å². The highest BCUT2D eigenvalue weighted by atomic mass is 16.5. The van der Waals surface area contributed by atoms with Gasteiger partial charge in [-0.1, -0.05) is 42.5 Å². The van der Waals surface area contributed by atoms with Gasteiger partial charge in [-0.2, -0.15) is 0 Å². The fourth-order valence-electron chi connectivity index (χ4n) is 5.00. The Labute approximate surface area is 187 Å². The number of piperidine rings is 1. The molecule has 0 bridgehead atoms. The average molecular weight is 433 g/mol. The van der Waals surface area contributed by atoms with Crippen LogP contribution in [-0.2, 0) is 16.0 Å². The highest BCUT2D eigenvalue weighted by Crippen LogP contribution is 2.39. The average Bonchev–Trinajstić information content (AvgIpc) is 3.49. The van der Waals surface area contributed by atoms with Crippen LogP contribution in [-0.4, -0.2) is 48.1 Å². The second-order valence-corrected chi connectivity index (χ2v) is 8.88. The number of rotatable bonds is 5. The zero-order valence-corrected chi connectivity index (χ0v) is 18.1. The Balaban J connectivity index is 1.11. The molecule has 0 saturated carbocycles. The van der Waals surface area contributed by atoms with Gasteiger partial charge in [0, 0.05) is 19.6 Å². The molecule has 1 atom stereocenters. The first-order chi connectivity index (χ1) is 15.6. The van der Waals surface area contributed by atoms with Gasteiger partial charge in [0.05, 0.1) is 30.0 Å². The zero-order chi connectivity index (χ0) is 22.0. The van der Waals surface area contributed by atoms with Crippen LogP contribution in [0.2, 0.25) is 0 Å². The summed E-state index contributed by atoms with van der Waals surface area (Å²) in [7, 11) is 0. The summed E-state index contributed by atoms with van der Waals surface area (Å²) >= 11 is 0. The van der Waals surface area contributed by atoms with E-state index in [2.05, 4.69) is 23.5 Å². The smallest absolute Gasteiger partial charge is 0.257 e. The number of amides is 2. The quantitative estimate of drug-likeness (QED) is 0.663. The van der Waals surface area contributed by atoms with Crippen LogP contribution in [0, 0.1) is 0 Å². The summed E-state index contributed by atoms with van der Waals surface area (Å²) in [6, 6.07) is 15.9. The van der Waals surface area contributed by atoms with Crippen LogP contribution in [0.1, 0.15) is 41.6 Å². The SMILES string of the molecule is O=C(Cc1cccc2ccccc12)NC[C@@H]1CCC2(CCN(C(=O)c3ccoc3)CC2)O1. The molecule has 3 heterocycles. The Hall–Kier alpha value is -3.12. The molecule has 2 saturated heterocycles. The van der Waals surface area contributed by atoms with Crippen molar-refractivity contribution in [2.45, 2.75) is 43.8 Å². The van der Waals surface area contributed by atoms with Gasteiger partial charge in [-0.05, 0) is 48.1 Å². The van der Waals surface area contributed by atoms with Crippen molar-refractivity contribution in [2.24, 2.45) is 0 Å². The van der Waals surface area contributed by atoms with Crippen LogP contribution < -0.4 is 5.32 Å². The lowest BCUT2D eigenvalue weighted by atomic mass is 9.88. The lowest BCUT2D eigenvalue weighted by molar-refractivity contribution is -0.122. The molecule has 1 N–H and O–H groups in total. The van der Waals surface area contributed by atoms with Gasteiger partial charge in [0.2, 0.25) is 5.91 Å². The third-order valence-electron chi connectivity index (χ3n) is 6.83. The molecule has 1 spiro atoms. The van der Waals surface area contributed by atoms with Gasteiger partial charge in [-0.3, -0.25) is 9.59 Å². The maximum absolute atomic E-state index is 12.6. The number of carbonyl (C=O) groups is 2. The van der Waals surface area contributed by atoms with Crippen LogP contribution in [0.15, 0.2) is 65.5 Å². The third kappa shape index (κ3) is 4.28. The number of carbonyl (C=O) groups excluding carboxylic acids is 2. The predicted molar refractivity (Wildman–Crippen MR) is 121 cm³/mol. The molecule has 2 fully saturated rings. The summed E-state index contributed by atoms with van der Waals surface area (Å²) in [4.78, 5) is 27.0. The summed E-state index contributed by atoms with van der Waals surface area (Å²) in [5.74, 6) is 0.0373. The molecule has 6 nitrogen and oxygen atoms in total. The molecule has 166 valence electrons. The number of furan rings is 1. The lowest BCUT2D eigenvalue weighted by Crippen LogP contribution is -2.47. The number of nitrogens with zero attached hydrogens (tertiary/aromatic N) is 1. The van der Waals surface area contributed by atoms with Crippen molar-refractivity contribution >= 4 is 22.6 Å². The van der Waals surface area contributed by atoms with Crippen LogP contribution in [0.3, 0.4) is 0 Å². The maximum Gasteiger partial charge on any atom is 0.257 e. The molecule has 2 aliphatic heterocycles. The Kier molecular flexibility index (Phi) is 5.70. The maximum atomic E-state index is 12.6. The Morgan fingerprint density at radius 1 is 1.03 bits per heavy atom. The van der Waals surface area contributed by atoms with E-state index in [1.165, 1.54) is 12.5 Å². The second-order valence-electron chi connectivity index (χ2n) is 8.88. The summed E-state index contributed by atoms with van der Waals surface area (Å²) in [6.07, 6.45) is 6.99. The summed E-state index contributed by atoms with van der Waals surface area (Å²) < 4.78 is 11.4. The van der Waals surface area contributed by atoms with Crippen molar-refractivity contribution in [1.82, 2.24) is 10.2 Å². The molecule has 0 radical (unpaired) electrons. The van der Waals surface area contributed by atoms with Crippen molar-refractivity contribution in [1.29, 1.82) is 0 Å². The largest absolute Gasteiger partial charge is 0.472 e. The molecule has 0 unspecified atom stereocenters. The van der Waals surface area contributed by atoms with Crippen molar-refractivity contribution < 1.29 is 18.7 Å². The molecule has 2 aromatic carbocycles. The molecular formula is C26H28N2O4. The van der Waals surface area contributed by atoms with Gasteiger partial charge >= 0.3 is 0 Å². The van der Waals surface area contributed by atoms with Crippen LogP contribution in [0.4, 0.5) is 0 Å². The topological polar surface area (TPSA) is 71.8 Å². The van der Waals surface area contributed by atoms with Crippen LogP contribution in [0.5, 0.6) is 0 Å². The van der Waals surface area contributed by atoms with E-state index in [4.69, 9.17) is 9.15 Å². The van der Waals surface area contributed by atoms with Crippen molar-refractivity contribution in [3.05, 3.63) is 72.2 Å². The molecular weight excluding hydrogens is 404 g/mol. The lowest BCUT2D eigenvalue weighted by Gasteiger charge is -2.39. The Morgan fingerprint density at radius 3 is 2.66 bits per heavy atom. The number of hydrogen-bond donors (Lipinski definition) is 1. The summed E-state index contributed by atoms with van der Waals surface area (Å²) in [6.45, 7) is 1.90. The van der Waals surface area contributed by atoms with Gasteiger partial charge < -0.3 is 19.4 Å². The highest BCUT2D eigenvalue weighted by molar-refractivity contribution is 5.94. The summed E-state index contributed by atoms with van der Waals surface area (Å²) in [5, 5.41) is 5.34. The first-order valence-corrected chi connectivity index (χ1v) is 11.3. The minimum absolute atomic E-state index is 0.0175. The molecule has 2 aliphatic rings. The minimum Gasteiger partial charge on any atom is -0.472 e. The number of likely N-dealkylation sites (tertiary alicyclic amines) is 1. The summed E-state index contributed by atoms with van der Waals surface area (Å²) in [5.41, 5.74) is 1.47. The van der Waals surface area contributed by atoms with Crippen molar-refractivity contribution in [2.75, 3.05) is 19.6 Å². The van der Waals surface area contributed by atoms with Gasteiger partial charge in [-0.25, -0.2) is 0 Å². The van der Waals surface area contributed by atoms with Gasteiger partial charge in [-0.15, -0.1) is 0 Å². The number of fused-ring (bicyclic) bond motifs is 1. The molecule has 2 amide bonds. The van der Waals surface area contributed by atoms with E-state index >= 15 is 0 Å². The zero-order valence-electron chi connectivity index (χ0n) is 18.1. The third-order valence-corrected chi connectivity index (χ3v) is 6.83. The number of benzene rings is 2. The minimum atomic E-state index is -0.168. The van der Waals surface area contributed by atoms with E-state index in [1.54, 1.807) is 6.07 Å². The van der Waals surface area contributed by atoms with Crippen LogP contribution in [0.25, 0.3) is 10.8 Å². The van der Waals surface area contributed by atoms with E-state index < -0.39 is 0 Å². The van der Waals surface area contributed by atoms with Gasteiger partial charge in [0.1, 0.15) is 6.26 Å². The van der Waals surface area contributed by atoms with Gasteiger partial charge in [0.25, 0.3) is 5.91 Å². The number of hydrogen-bond acceptors (Lipinski definition) is 4. The normalized spacial score (nSPS) is 20.0. The van der Waals surface area contributed by atoms with E-state index in [9.17, 15) is 9.59 Å². The van der Waals surface area contributed by atoms with Crippen molar-refractivity contribution in [3.63, 3.8) is 0 Å². The molecule has 6 heteroatoms. The first kappa shape index (κ1) is 20.8. The van der Waals surface area contributed by atoms with E-state index in [-0.39, 0.29) is 23.5 Å². The fraction of sp³-hybridized carbons (Fsp3) is 0.385. The number of nitrogens with one attached hydrogen (secondary N) is 1. The second kappa shape index (κ2) is 8.79. The first-order valence-electron chi connectivity index (χ1n) is 11.3. The van der Waals surface area contributed by atoms with Gasteiger partial charge in [0.15, 0.2) is 0 Å². The van der Waals surface area contributed by atoms with Crippen molar-refractivity contribution in [3.8, 4) is 0 Å². The molecule has 32 heavy (non-hydrogen) atoms. The van der Waals surface area contributed by atoms with E-state index in [1.807, 2.05) is 29.2 Å². The Bertz CT molecular complexity index is 1090. The molecule has 1 aromatic heterocycles. The predicted octanol–water partition coefficient (Wildman–Crippen LogP) is 3.95. The monoisotopic (exact) mass is 432 g/mol. The standard InChI is InChI=1S/C26H28N2O4/c29-24(16-20-6-3-5-19-4-1-2-7-23(19)20)27-17-22-8-10-26(32-22)11-13-28(14-12-26)25(30)21-9-15-31-18-21/h1-7,9,15,18,22H,8,10-14,16-17H2,(H,27,29)/t22-/m0/s1. The molecule has 0 aliphatic carbocycles. The fourth-order valence-corrected chi connectivity index (χ4v) is 5.00. The van der Waals surface area contributed by atoms with E-state index in [0.717, 1.165) is 42.0 Å². The number of ether oxygens (including phenoxy) is 1. The molecule has 3 aromatic rings. The van der Waals surface area contributed by atoms with E-state index in [0.29, 0.717) is 31.6 Å².